The lowest BCUT2D eigenvalue weighted by Gasteiger charge is -2.05. The molecule has 1 N–H and O–H groups in total. The second-order valence-electron chi connectivity index (χ2n) is 3.63. The standard InChI is InChI=1S/C11H10FN3O2S/c1-7-14-9(6-18-7)5-13-10-4-8(12)2-3-11(10)15(16)17/h2-4,6,13H,5H2,1H3. The normalized spacial score (nSPS) is 10.3. The van der Waals surface area contributed by atoms with E-state index in [4.69, 9.17) is 0 Å². The van der Waals surface area contributed by atoms with Crippen molar-refractivity contribution in [2.75, 3.05) is 5.32 Å². The van der Waals surface area contributed by atoms with Crippen molar-refractivity contribution in [2.24, 2.45) is 0 Å². The number of aryl methyl sites for hydroxylation is 1. The summed E-state index contributed by atoms with van der Waals surface area (Å²) in [6.07, 6.45) is 0. The molecule has 18 heavy (non-hydrogen) atoms. The molecule has 0 aliphatic carbocycles. The van der Waals surface area contributed by atoms with Gasteiger partial charge in [0.25, 0.3) is 5.69 Å². The summed E-state index contributed by atoms with van der Waals surface area (Å²) < 4.78 is 13.1. The van der Waals surface area contributed by atoms with Crippen LogP contribution in [0, 0.1) is 22.9 Å². The highest BCUT2D eigenvalue weighted by Crippen LogP contribution is 2.25. The number of nitro benzene ring substituents is 1. The first-order chi connectivity index (χ1) is 8.56. The van der Waals surface area contributed by atoms with E-state index in [1.807, 2.05) is 12.3 Å². The molecule has 1 heterocycles. The first kappa shape index (κ1) is 12.4. The Morgan fingerprint density at radius 2 is 2.33 bits per heavy atom. The van der Waals surface area contributed by atoms with Gasteiger partial charge in [-0.3, -0.25) is 10.1 Å². The highest BCUT2D eigenvalue weighted by atomic mass is 32.1. The molecule has 7 heteroatoms. The van der Waals surface area contributed by atoms with Gasteiger partial charge in [-0.2, -0.15) is 0 Å². The number of nitrogens with one attached hydrogen (secondary N) is 1. The maximum Gasteiger partial charge on any atom is 0.292 e. The lowest BCUT2D eigenvalue weighted by atomic mass is 10.2. The fourth-order valence-electron chi connectivity index (χ4n) is 1.48. The van der Waals surface area contributed by atoms with E-state index in [1.54, 1.807) is 0 Å². The fourth-order valence-corrected chi connectivity index (χ4v) is 2.10. The zero-order valence-electron chi connectivity index (χ0n) is 9.51. The van der Waals surface area contributed by atoms with Crippen molar-refractivity contribution in [1.29, 1.82) is 0 Å². The van der Waals surface area contributed by atoms with Crippen LogP contribution in [0.25, 0.3) is 0 Å². The van der Waals surface area contributed by atoms with Crippen molar-refractivity contribution in [2.45, 2.75) is 13.5 Å². The topological polar surface area (TPSA) is 68.1 Å². The molecule has 0 amide bonds. The second kappa shape index (κ2) is 5.09. The summed E-state index contributed by atoms with van der Waals surface area (Å²) in [5, 5.41) is 16.4. The van der Waals surface area contributed by atoms with Gasteiger partial charge in [0.05, 0.1) is 22.2 Å². The predicted octanol–water partition coefficient (Wildman–Crippen LogP) is 3.11. The number of nitrogens with zero attached hydrogens (tertiary/aromatic N) is 2. The van der Waals surface area contributed by atoms with Gasteiger partial charge < -0.3 is 5.32 Å². The molecule has 0 aliphatic heterocycles. The monoisotopic (exact) mass is 267 g/mol. The number of benzene rings is 1. The molecule has 0 atom stereocenters. The first-order valence-corrected chi connectivity index (χ1v) is 6.03. The molecule has 0 bridgehead atoms. The molecule has 94 valence electrons. The Morgan fingerprint density at radius 3 is 2.94 bits per heavy atom. The number of anilines is 1. The Hall–Kier alpha value is -2.02. The Bertz CT molecular complexity index is 585. The quantitative estimate of drug-likeness (QED) is 0.682. The lowest BCUT2D eigenvalue weighted by molar-refractivity contribution is -0.384. The molecule has 0 spiro atoms. The Morgan fingerprint density at radius 1 is 1.56 bits per heavy atom. The minimum Gasteiger partial charge on any atom is -0.374 e. The van der Waals surface area contributed by atoms with Gasteiger partial charge in [-0.05, 0) is 13.0 Å². The molecular formula is C11H10FN3O2S. The summed E-state index contributed by atoms with van der Waals surface area (Å²) >= 11 is 1.49. The Labute approximate surface area is 106 Å². The third kappa shape index (κ3) is 2.80. The number of nitro groups is 1. The molecule has 1 aromatic carbocycles. The zero-order valence-corrected chi connectivity index (χ0v) is 10.3. The number of aromatic nitrogens is 1. The van der Waals surface area contributed by atoms with Gasteiger partial charge in [0.1, 0.15) is 11.5 Å². The minimum atomic E-state index is -0.548. The summed E-state index contributed by atoms with van der Waals surface area (Å²) in [7, 11) is 0. The highest BCUT2D eigenvalue weighted by Gasteiger charge is 2.14. The molecule has 1 aromatic heterocycles. The van der Waals surface area contributed by atoms with Crippen molar-refractivity contribution in [3.05, 3.63) is 50.2 Å². The van der Waals surface area contributed by atoms with Crippen LogP contribution in [0.15, 0.2) is 23.6 Å². The van der Waals surface area contributed by atoms with Crippen LogP contribution in [0.5, 0.6) is 0 Å². The zero-order chi connectivity index (χ0) is 13.1. The van der Waals surface area contributed by atoms with Crippen LogP contribution in [-0.4, -0.2) is 9.91 Å². The van der Waals surface area contributed by atoms with Gasteiger partial charge >= 0.3 is 0 Å². The summed E-state index contributed by atoms with van der Waals surface area (Å²) in [4.78, 5) is 14.4. The van der Waals surface area contributed by atoms with E-state index in [0.717, 1.165) is 28.9 Å². The summed E-state index contributed by atoms with van der Waals surface area (Å²) in [6, 6.07) is 3.32. The molecule has 5 nitrogen and oxygen atoms in total. The molecule has 0 radical (unpaired) electrons. The number of hydrogen-bond donors (Lipinski definition) is 1. The van der Waals surface area contributed by atoms with Crippen molar-refractivity contribution >= 4 is 22.7 Å². The summed E-state index contributed by atoms with van der Waals surface area (Å²) in [5.74, 6) is -0.516. The lowest BCUT2D eigenvalue weighted by Crippen LogP contribution is -2.03. The Balaban J connectivity index is 2.17. The molecule has 0 fully saturated rings. The number of thiazole rings is 1. The third-order valence-corrected chi connectivity index (χ3v) is 3.10. The largest absolute Gasteiger partial charge is 0.374 e. The van der Waals surface area contributed by atoms with Crippen LogP contribution in [0.4, 0.5) is 15.8 Å². The fraction of sp³-hybridized carbons (Fsp3) is 0.182. The van der Waals surface area contributed by atoms with E-state index < -0.39 is 10.7 Å². The summed E-state index contributed by atoms with van der Waals surface area (Å²) in [6.45, 7) is 2.20. The number of hydrogen-bond acceptors (Lipinski definition) is 5. The number of rotatable bonds is 4. The van der Waals surface area contributed by atoms with E-state index in [0.29, 0.717) is 6.54 Å². The van der Waals surface area contributed by atoms with Crippen molar-refractivity contribution < 1.29 is 9.31 Å². The molecule has 0 saturated carbocycles. The van der Waals surface area contributed by atoms with E-state index >= 15 is 0 Å². The predicted molar refractivity (Wildman–Crippen MR) is 67.2 cm³/mol. The second-order valence-corrected chi connectivity index (χ2v) is 4.69. The number of halogens is 1. The van der Waals surface area contributed by atoms with Crippen LogP contribution >= 0.6 is 11.3 Å². The van der Waals surface area contributed by atoms with E-state index in [2.05, 4.69) is 10.3 Å². The molecule has 2 rings (SSSR count). The van der Waals surface area contributed by atoms with E-state index in [9.17, 15) is 14.5 Å². The Kier molecular flexibility index (Phi) is 3.52. The van der Waals surface area contributed by atoms with Crippen molar-refractivity contribution in [3.8, 4) is 0 Å². The van der Waals surface area contributed by atoms with Crippen LogP contribution in [-0.2, 0) is 6.54 Å². The molecular weight excluding hydrogens is 257 g/mol. The SMILES string of the molecule is Cc1nc(CNc2cc(F)ccc2[N+](=O)[O-])cs1. The smallest absolute Gasteiger partial charge is 0.292 e. The van der Waals surface area contributed by atoms with Gasteiger partial charge in [-0.15, -0.1) is 11.3 Å². The van der Waals surface area contributed by atoms with Crippen LogP contribution in [0.2, 0.25) is 0 Å². The molecule has 2 aromatic rings. The van der Waals surface area contributed by atoms with Crippen LogP contribution in [0.3, 0.4) is 0 Å². The maximum absolute atomic E-state index is 13.1. The highest BCUT2D eigenvalue weighted by molar-refractivity contribution is 7.09. The maximum atomic E-state index is 13.1. The van der Waals surface area contributed by atoms with Gasteiger partial charge in [-0.1, -0.05) is 0 Å². The average Bonchev–Trinajstić information content (AvgIpc) is 2.72. The van der Waals surface area contributed by atoms with Gasteiger partial charge in [-0.25, -0.2) is 9.37 Å². The van der Waals surface area contributed by atoms with Gasteiger partial charge in [0, 0.05) is 17.5 Å². The minimum absolute atomic E-state index is 0.150. The average molecular weight is 267 g/mol. The van der Waals surface area contributed by atoms with Crippen LogP contribution in [0.1, 0.15) is 10.7 Å². The van der Waals surface area contributed by atoms with Gasteiger partial charge in [0.15, 0.2) is 0 Å². The van der Waals surface area contributed by atoms with Crippen molar-refractivity contribution in [3.63, 3.8) is 0 Å². The molecule has 0 aliphatic rings. The molecule has 0 unspecified atom stereocenters. The van der Waals surface area contributed by atoms with Crippen LogP contribution < -0.4 is 5.32 Å². The van der Waals surface area contributed by atoms with E-state index in [1.165, 1.54) is 11.3 Å². The first-order valence-electron chi connectivity index (χ1n) is 5.15. The van der Waals surface area contributed by atoms with E-state index in [-0.39, 0.29) is 11.4 Å². The third-order valence-electron chi connectivity index (χ3n) is 2.28. The van der Waals surface area contributed by atoms with Gasteiger partial charge in [0.2, 0.25) is 0 Å². The van der Waals surface area contributed by atoms with Crippen molar-refractivity contribution in [1.82, 2.24) is 4.98 Å². The molecule has 0 saturated heterocycles. The summed E-state index contributed by atoms with van der Waals surface area (Å²) in [5.41, 5.74) is 0.782.